The number of ketones is 2. The van der Waals surface area contributed by atoms with Gasteiger partial charge in [-0.15, -0.1) is 0 Å². The van der Waals surface area contributed by atoms with Crippen molar-refractivity contribution in [1.82, 2.24) is 0 Å². The fourth-order valence-electron chi connectivity index (χ4n) is 6.86. The highest BCUT2D eigenvalue weighted by atomic mass is 16.8. The van der Waals surface area contributed by atoms with Gasteiger partial charge in [0, 0.05) is 31.6 Å². The number of ether oxygens (including phenoxy) is 7. The van der Waals surface area contributed by atoms with E-state index in [2.05, 4.69) is 4.74 Å². The zero-order valence-corrected chi connectivity index (χ0v) is 26.4. The van der Waals surface area contributed by atoms with E-state index in [-0.39, 0.29) is 52.7 Å². The lowest BCUT2D eigenvalue weighted by molar-refractivity contribution is -0.302. The number of rotatable bonds is 5. The first-order valence-electron chi connectivity index (χ1n) is 15.1. The van der Waals surface area contributed by atoms with E-state index in [1.54, 1.807) is 6.92 Å². The van der Waals surface area contributed by atoms with E-state index < -0.39 is 93.1 Å². The molecule has 0 bridgehead atoms. The number of benzene rings is 2. The molecule has 6 atom stereocenters. The maximum Gasteiger partial charge on any atom is 0.374 e. The molecular formula is C33H30O16. The molecule has 3 unspecified atom stereocenters. The average Bonchev–Trinajstić information content (AvgIpc) is 3.39. The first-order valence-corrected chi connectivity index (χ1v) is 15.1. The summed E-state index contributed by atoms with van der Waals surface area (Å²) in [5.74, 6) is -9.34. The van der Waals surface area contributed by atoms with Crippen LogP contribution in [-0.4, -0.2) is 89.7 Å². The summed E-state index contributed by atoms with van der Waals surface area (Å²) in [5, 5.41) is 46.0. The zero-order chi connectivity index (χ0) is 35.1. The van der Waals surface area contributed by atoms with Crippen LogP contribution in [0, 0.1) is 0 Å². The van der Waals surface area contributed by atoms with Crippen molar-refractivity contribution in [2.24, 2.45) is 0 Å². The number of Topliss-reactive ketones (excluding diaryl/α,β-unsaturated/α-hetero) is 1. The third kappa shape index (κ3) is 4.74. The van der Waals surface area contributed by atoms with Gasteiger partial charge in [-0.3, -0.25) is 9.59 Å². The molecule has 1 saturated heterocycles. The van der Waals surface area contributed by atoms with Crippen molar-refractivity contribution in [2.75, 3.05) is 21.3 Å². The van der Waals surface area contributed by atoms with Gasteiger partial charge in [-0.05, 0) is 30.9 Å². The fourth-order valence-corrected chi connectivity index (χ4v) is 6.86. The molecular weight excluding hydrogens is 652 g/mol. The highest BCUT2D eigenvalue weighted by molar-refractivity contribution is 6.26. The molecule has 1 aromatic heterocycles. The van der Waals surface area contributed by atoms with Crippen LogP contribution >= 0.6 is 0 Å². The molecule has 0 saturated carbocycles. The Morgan fingerprint density at radius 1 is 0.959 bits per heavy atom. The van der Waals surface area contributed by atoms with E-state index in [9.17, 15) is 39.6 Å². The fraction of sp³-hybridized carbons (Fsp3) is 0.394. The van der Waals surface area contributed by atoms with E-state index in [0.717, 1.165) is 20.3 Å². The Morgan fingerprint density at radius 2 is 1.69 bits per heavy atom. The number of fused-ring (bicyclic) bond motifs is 4. The number of phenolic OH excluding ortho intramolecular Hbond substituents is 3. The number of aromatic hydroxyl groups is 3. The number of carbonyl (C=O) groups is 3. The summed E-state index contributed by atoms with van der Waals surface area (Å²) in [6.45, 7) is 1.78. The van der Waals surface area contributed by atoms with Crippen molar-refractivity contribution >= 4 is 28.3 Å². The summed E-state index contributed by atoms with van der Waals surface area (Å²) in [4.78, 5) is 51.5. The lowest BCUT2D eigenvalue weighted by Crippen LogP contribution is -2.58. The molecule has 4 heterocycles. The van der Waals surface area contributed by atoms with Crippen molar-refractivity contribution in [3.8, 4) is 28.7 Å². The van der Waals surface area contributed by atoms with E-state index >= 15 is 0 Å². The van der Waals surface area contributed by atoms with Gasteiger partial charge in [-0.1, -0.05) is 0 Å². The Labute approximate surface area is 275 Å². The summed E-state index contributed by atoms with van der Waals surface area (Å²) >= 11 is 0. The molecule has 16 heteroatoms. The van der Waals surface area contributed by atoms with Gasteiger partial charge in [0.1, 0.15) is 17.2 Å². The monoisotopic (exact) mass is 682 g/mol. The minimum absolute atomic E-state index is 0.0692. The lowest BCUT2D eigenvalue weighted by atomic mass is 9.85. The maximum absolute atomic E-state index is 13.2. The Balaban J connectivity index is 1.41. The molecule has 1 fully saturated rings. The molecule has 1 spiro atoms. The maximum atomic E-state index is 13.2. The minimum Gasteiger partial charge on any atom is -0.507 e. The Kier molecular flexibility index (Phi) is 7.59. The Morgan fingerprint density at radius 3 is 2.39 bits per heavy atom. The molecule has 3 aliphatic heterocycles. The van der Waals surface area contributed by atoms with Crippen LogP contribution in [0.4, 0.5) is 0 Å². The topological polar surface area (TPSA) is 227 Å². The van der Waals surface area contributed by atoms with Crippen LogP contribution in [0.5, 0.6) is 28.7 Å². The van der Waals surface area contributed by atoms with E-state index in [4.69, 9.17) is 32.8 Å². The smallest absolute Gasteiger partial charge is 0.374 e. The third-order valence-corrected chi connectivity index (χ3v) is 9.14. The highest BCUT2D eigenvalue weighted by Crippen LogP contribution is 2.61. The van der Waals surface area contributed by atoms with Gasteiger partial charge in [0.2, 0.25) is 11.5 Å². The van der Waals surface area contributed by atoms with Crippen molar-refractivity contribution in [3.63, 3.8) is 0 Å². The predicted molar refractivity (Wildman–Crippen MR) is 161 cm³/mol. The Bertz CT molecular complexity index is 2040. The van der Waals surface area contributed by atoms with Crippen molar-refractivity contribution in [1.29, 1.82) is 0 Å². The van der Waals surface area contributed by atoms with Crippen LogP contribution in [0.2, 0.25) is 0 Å². The predicted octanol–water partition coefficient (Wildman–Crippen LogP) is 2.29. The first-order chi connectivity index (χ1) is 23.3. The summed E-state index contributed by atoms with van der Waals surface area (Å²) in [6, 6.07) is 2.57. The summed E-state index contributed by atoms with van der Waals surface area (Å²) in [7, 11) is 3.76. The van der Waals surface area contributed by atoms with E-state index in [1.807, 2.05) is 0 Å². The lowest BCUT2D eigenvalue weighted by Gasteiger charge is -2.43. The molecule has 16 nitrogen and oxygen atoms in total. The largest absolute Gasteiger partial charge is 0.507 e. The normalized spacial score (nSPS) is 27.1. The number of allylic oxidation sites excluding steroid dienone is 2. The van der Waals surface area contributed by atoms with Crippen LogP contribution in [-0.2, 0) is 30.1 Å². The van der Waals surface area contributed by atoms with Gasteiger partial charge in [-0.25, -0.2) is 9.59 Å². The zero-order valence-electron chi connectivity index (χ0n) is 26.4. The number of carbonyl (C=O) groups excluding carboxylic acids is 3. The van der Waals surface area contributed by atoms with Gasteiger partial charge >= 0.3 is 17.4 Å². The molecule has 1 aliphatic carbocycles. The number of methoxy groups -OCH3 is 3. The quantitative estimate of drug-likeness (QED) is 0.224. The Hall–Kier alpha value is -5.16. The molecule has 49 heavy (non-hydrogen) atoms. The number of phenols is 3. The van der Waals surface area contributed by atoms with Crippen LogP contribution < -0.4 is 15.1 Å². The average molecular weight is 683 g/mol. The molecule has 3 aromatic rings. The summed E-state index contributed by atoms with van der Waals surface area (Å²) in [5.41, 5.74) is -2.48. The molecule has 7 rings (SSSR count). The standard InChI is InChI=1S/C33H30O16/c1-11-5-14(42-2)9-19(45-11)47-30-23-25(37)21-15(34)10-16(43-3)24(36)22(21)27(39)29(23)49-33(30)18(35)8-13-6-12-7-17(31(40)44-4)46-32(41)20(12)26(38)28(13)48-33/h6-7,10-11,14,18-19,30,35,37-39H,5,8-9H2,1-4H3/t11?,14?,18-,19?,30-,33-/m1/s1. The van der Waals surface area contributed by atoms with Gasteiger partial charge in [0.25, 0.3) is 0 Å². The SMILES string of the molecule is COC(=O)c1cc2cc3c(c(O)c2c(=O)o1)O[C@@]1(Oc2c(O)c4c(c(O)c2[C@H]1OC1CC(OC)CC(C)O1)C(=O)C=C(OC)C4=O)[C@H](O)C3. The number of aliphatic hydroxyl groups excluding tert-OH is 1. The van der Waals surface area contributed by atoms with E-state index in [1.165, 1.54) is 19.2 Å². The van der Waals surface area contributed by atoms with Gasteiger partial charge in [0.15, 0.2) is 46.9 Å². The van der Waals surface area contributed by atoms with Crippen LogP contribution in [0.25, 0.3) is 10.8 Å². The molecule has 0 radical (unpaired) electrons. The van der Waals surface area contributed by atoms with Gasteiger partial charge in [-0.2, -0.15) is 0 Å². The van der Waals surface area contributed by atoms with Gasteiger partial charge in [0.05, 0.1) is 43.1 Å². The second-order valence-electron chi connectivity index (χ2n) is 12.0. The minimum atomic E-state index is -2.43. The van der Waals surface area contributed by atoms with E-state index in [0.29, 0.717) is 6.42 Å². The van der Waals surface area contributed by atoms with Crippen LogP contribution in [0.1, 0.15) is 68.3 Å². The second kappa shape index (κ2) is 11.5. The number of hydrogen-bond acceptors (Lipinski definition) is 16. The molecule has 258 valence electrons. The molecule has 4 N–H and O–H groups in total. The molecule has 0 amide bonds. The second-order valence-corrected chi connectivity index (χ2v) is 12.0. The van der Waals surface area contributed by atoms with Crippen molar-refractivity contribution < 1.29 is 72.4 Å². The summed E-state index contributed by atoms with van der Waals surface area (Å²) in [6.07, 6.45) is -3.95. The van der Waals surface area contributed by atoms with Gasteiger partial charge < -0.3 is 58.0 Å². The third-order valence-electron chi connectivity index (χ3n) is 9.14. The van der Waals surface area contributed by atoms with Crippen LogP contribution in [0.3, 0.4) is 0 Å². The number of esters is 1. The highest BCUT2D eigenvalue weighted by Gasteiger charge is 2.63. The first kappa shape index (κ1) is 32.4. The number of hydrogen-bond donors (Lipinski definition) is 4. The number of aliphatic hydroxyl groups is 1. The van der Waals surface area contributed by atoms with Crippen LogP contribution in [0.15, 0.2) is 33.2 Å². The molecule has 2 aromatic carbocycles. The van der Waals surface area contributed by atoms with Crippen molar-refractivity contribution in [2.45, 2.75) is 62.7 Å². The summed E-state index contributed by atoms with van der Waals surface area (Å²) < 4.78 is 45.0. The van der Waals surface area contributed by atoms with Crippen molar-refractivity contribution in [3.05, 3.63) is 62.4 Å². The molecule has 4 aliphatic rings.